The van der Waals surface area contributed by atoms with Gasteiger partial charge >= 0.3 is 0 Å². The van der Waals surface area contributed by atoms with Crippen LogP contribution in [0.5, 0.6) is 11.5 Å². The smallest absolute Gasteiger partial charge is 0.254 e. The number of nitrogens with zero attached hydrogens (tertiary/aromatic N) is 2. The molecule has 5 nitrogen and oxygen atoms in total. The second kappa shape index (κ2) is 8.44. The molecule has 28 heavy (non-hydrogen) atoms. The monoisotopic (exact) mass is 394 g/mol. The standard InChI is InChI=1S/C22H22N2O3S/c1-26-19-9-5-6-10-20(19)27-14-21-23-17(15-28-21)13-24(18-11-12-18)22(25)16-7-3-2-4-8-16/h2-10,15,18H,11-14H2,1H3. The summed E-state index contributed by atoms with van der Waals surface area (Å²) in [5.74, 6) is 1.47. The van der Waals surface area contributed by atoms with E-state index in [1.807, 2.05) is 64.9 Å². The van der Waals surface area contributed by atoms with Crippen LogP contribution in [0.1, 0.15) is 33.9 Å². The highest BCUT2D eigenvalue weighted by molar-refractivity contribution is 7.09. The van der Waals surface area contributed by atoms with Crippen LogP contribution >= 0.6 is 11.3 Å². The third-order valence-electron chi connectivity index (χ3n) is 4.62. The van der Waals surface area contributed by atoms with Crippen LogP contribution in [-0.2, 0) is 13.2 Å². The van der Waals surface area contributed by atoms with Gasteiger partial charge in [-0.1, -0.05) is 30.3 Å². The summed E-state index contributed by atoms with van der Waals surface area (Å²) in [5, 5.41) is 2.89. The number of carbonyl (C=O) groups excluding carboxylic acids is 1. The molecule has 1 heterocycles. The lowest BCUT2D eigenvalue weighted by molar-refractivity contribution is 0.0728. The molecule has 1 fully saturated rings. The summed E-state index contributed by atoms with van der Waals surface area (Å²) >= 11 is 1.55. The van der Waals surface area contributed by atoms with Gasteiger partial charge in [0.1, 0.15) is 11.6 Å². The van der Waals surface area contributed by atoms with Crippen molar-refractivity contribution in [2.24, 2.45) is 0 Å². The summed E-state index contributed by atoms with van der Waals surface area (Å²) < 4.78 is 11.2. The molecule has 1 aliphatic rings. The Hall–Kier alpha value is -2.86. The van der Waals surface area contributed by atoms with E-state index in [0.29, 0.717) is 30.7 Å². The van der Waals surface area contributed by atoms with Crippen LogP contribution in [0.2, 0.25) is 0 Å². The van der Waals surface area contributed by atoms with Crippen molar-refractivity contribution in [1.29, 1.82) is 0 Å². The Kier molecular flexibility index (Phi) is 5.58. The first-order valence-corrected chi connectivity index (χ1v) is 10.2. The Labute approximate surface area is 168 Å². The number of methoxy groups -OCH3 is 1. The van der Waals surface area contributed by atoms with Gasteiger partial charge in [0, 0.05) is 17.0 Å². The van der Waals surface area contributed by atoms with E-state index in [4.69, 9.17) is 9.47 Å². The maximum Gasteiger partial charge on any atom is 0.254 e. The second-order valence-electron chi connectivity index (χ2n) is 6.70. The van der Waals surface area contributed by atoms with Gasteiger partial charge in [0.15, 0.2) is 11.5 Å². The highest BCUT2D eigenvalue weighted by Gasteiger charge is 2.33. The summed E-state index contributed by atoms with van der Waals surface area (Å²) in [6.07, 6.45) is 2.12. The normalized spacial score (nSPS) is 13.2. The number of aromatic nitrogens is 1. The fourth-order valence-electron chi connectivity index (χ4n) is 3.04. The van der Waals surface area contributed by atoms with Gasteiger partial charge in [-0.25, -0.2) is 4.98 Å². The minimum atomic E-state index is 0.0721. The topological polar surface area (TPSA) is 51.7 Å². The SMILES string of the molecule is COc1ccccc1OCc1nc(CN(C(=O)c2ccccc2)C2CC2)cs1. The Morgan fingerprint density at radius 2 is 1.82 bits per heavy atom. The van der Waals surface area contributed by atoms with E-state index in [-0.39, 0.29) is 5.91 Å². The Morgan fingerprint density at radius 3 is 2.54 bits per heavy atom. The summed E-state index contributed by atoms with van der Waals surface area (Å²) in [6.45, 7) is 0.907. The van der Waals surface area contributed by atoms with Gasteiger partial charge in [-0.3, -0.25) is 4.79 Å². The van der Waals surface area contributed by atoms with Crippen molar-refractivity contribution < 1.29 is 14.3 Å². The largest absolute Gasteiger partial charge is 0.493 e. The van der Waals surface area contributed by atoms with Crippen LogP contribution in [-0.4, -0.2) is 28.9 Å². The summed E-state index contributed by atoms with van der Waals surface area (Å²) in [6, 6.07) is 17.3. The molecule has 6 heteroatoms. The number of amides is 1. The summed E-state index contributed by atoms with van der Waals surface area (Å²) in [7, 11) is 1.62. The molecule has 2 aromatic carbocycles. The predicted molar refractivity (Wildman–Crippen MR) is 109 cm³/mol. The first-order chi connectivity index (χ1) is 13.7. The predicted octanol–water partition coefficient (Wildman–Crippen LogP) is 4.54. The molecule has 0 atom stereocenters. The highest BCUT2D eigenvalue weighted by atomic mass is 32.1. The van der Waals surface area contributed by atoms with Crippen LogP contribution in [0, 0.1) is 0 Å². The van der Waals surface area contributed by atoms with Crippen LogP contribution in [0.25, 0.3) is 0 Å². The Bertz CT molecular complexity index is 938. The third kappa shape index (κ3) is 4.34. The number of hydrogen-bond donors (Lipinski definition) is 0. The van der Waals surface area contributed by atoms with Gasteiger partial charge in [0.2, 0.25) is 0 Å². The van der Waals surface area contributed by atoms with E-state index < -0.39 is 0 Å². The van der Waals surface area contributed by atoms with Gasteiger partial charge in [-0.05, 0) is 37.1 Å². The first kappa shape index (κ1) is 18.5. The van der Waals surface area contributed by atoms with Gasteiger partial charge in [0.05, 0.1) is 19.3 Å². The minimum Gasteiger partial charge on any atom is -0.493 e. The third-order valence-corrected chi connectivity index (χ3v) is 5.49. The molecule has 1 aromatic heterocycles. The molecule has 0 saturated heterocycles. The molecule has 1 aliphatic carbocycles. The van der Waals surface area contributed by atoms with Crippen LogP contribution in [0.15, 0.2) is 60.0 Å². The lowest BCUT2D eigenvalue weighted by atomic mass is 10.2. The molecule has 0 spiro atoms. The molecule has 4 rings (SSSR count). The van der Waals surface area contributed by atoms with Crippen molar-refractivity contribution in [3.63, 3.8) is 0 Å². The zero-order valence-electron chi connectivity index (χ0n) is 15.7. The molecule has 0 bridgehead atoms. The molecule has 1 amide bonds. The van der Waals surface area contributed by atoms with Crippen LogP contribution in [0.3, 0.4) is 0 Å². The van der Waals surface area contributed by atoms with Crippen molar-refractivity contribution in [3.05, 3.63) is 76.2 Å². The molecular formula is C22H22N2O3S. The maximum atomic E-state index is 12.9. The Balaban J connectivity index is 1.41. The van der Waals surface area contributed by atoms with Gasteiger partial charge < -0.3 is 14.4 Å². The number of para-hydroxylation sites is 2. The number of benzene rings is 2. The number of hydrogen-bond acceptors (Lipinski definition) is 5. The van der Waals surface area contributed by atoms with Crippen molar-refractivity contribution in [1.82, 2.24) is 9.88 Å². The lowest BCUT2D eigenvalue weighted by Gasteiger charge is -2.21. The van der Waals surface area contributed by atoms with Crippen molar-refractivity contribution >= 4 is 17.2 Å². The molecular weight excluding hydrogens is 372 g/mol. The maximum absolute atomic E-state index is 12.9. The quantitative estimate of drug-likeness (QED) is 0.563. The summed E-state index contributed by atoms with van der Waals surface area (Å²) in [5.41, 5.74) is 1.63. The zero-order valence-corrected chi connectivity index (χ0v) is 16.5. The molecule has 0 N–H and O–H groups in total. The molecule has 1 saturated carbocycles. The fraction of sp³-hybridized carbons (Fsp3) is 0.273. The lowest BCUT2D eigenvalue weighted by Crippen LogP contribution is -2.32. The molecule has 3 aromatic rings. The highest BCUT2D eigenvalue weighted by Crippen LogP contribution is 2.30. The van der Waals surface area contributed by atoms with Crippen molar-refractivity contribution in [2.75, 3.05) is 7.11 Å². The molecule has 0 unspecified atom stereocenters. The number of rotatable bonds is 8. The average molecular weight is 394 g/mol. The second-order valence-corrected chi connectivity index (χ2v) is 7.65. The minimum absolute atomic E-state index is 0.0721. The molecule has 0 radical (unpaired) electrons. The van der Waals surface area contributed by atoms with Crippen molar-refractivity contribution in [3.8, 4) is 11.5 Å². The fourth-order valence-corrected chi connectivity index (χ4v) is 3.74. The van der Waals surface area contributed by atoms with E-state index in [2.05, 4.69) is 4.98 Å². The summed E-state index contributed by atoms with van der Waals surface area (Å²) in [4.78, 5) is 19.5. The number of carbonyl (C=O) groups is 1. The van der Waals surface area contributed by atoms with E-state index >= 15 is 0 Å². The van der Waals surface area contributed by atoms with E-state index in [1.54, 1.807) is 18.4 Å². The van der Waals surface area contributed by atoms with Crippen molar-refractivity contribution in [2.45, 2.75) is 32.0 Å². The van der Waals surface area contributed by atoms with Gasteiger partial charge in [-0.2, -0.15) is 0 Å². The Morgan fingerprint density at radius 1 is 1.11 bits per heavy atom. The van der Waals surface area contributed by atoms with E-state index in [9.17, 15) is 4.79 Å². The zero-order chi connectivity index (χ0) is 19.3. The van der Waals surface area contributed by atoms with Gasteiger partial charge in [0.25, 0.3) is 5.91 Å². The van der Waals surface area contributed by atoms with Crippen LogP contribution < -0.4 is 9.47 Å². The van der Waals surface area contributed by atoms with E-state index in [1.165, 1.54) is 0 Å². The molecule has 0 aliphatic heterocycles. The van der Waals surface area contributed by atoms with Gasteiger partial charge in [-0.15, -0.1) is 11.3 Å². The molecule has 144 valence electrons. The first-order valence-electron chi connectivity index (χ1n) is 9.29. The average Bonchev–Trinajstić information content (AvgIpc) is 3.49. The number of thiazole rings is 1. The van der Waals surface area contributed by atoms with Crippen LogP contribution in [0.4, 0.5) is 0 Å². The number of ether oxygens (including phenoxy) is 2. The van der Waals surface area contributed by atoms with E-state index in [0.717, 1.165) is 29.1 Å².